The number of nitrogens with zero attached hydrogens (tertiary/aromatic N) is 1. The number of piperidine rings is 1. The molecule has 0 saturated carbocycles. The molecule has 3 heteroatoms. The van der Waals surface area contributed by atoms with Gasteiger partial charge in [0.1, 0.15) is 5.82 Å². The van der Waals surface area contributed by atoms with E-state index in [-0.39, 0.29) is 5.82 Å². The Morgan fingerprint density at radius 1 is 1.47 bits per heavy atom. The second-order valence-electron chi connectivity index (χ2n) is 4.96. The van der Waals surface area contributed by atoms with E-state index in [0.29, 0.717) is 12.1 Å². The number of nitrogens with one attached hydrogen (secondary N) is 1. The minimum atomic E-state index is -0.139. The lowest BCUT2D eigenvalue weighted by molar-refractivity contribution is 0.131. The van der Waals surface area contributed by atoms with Gasteiger partial charge in [0.05, 0.1) is 0 Å². The Morgan fingerprint density at radius 3 is 2.94 bits per heavy atom. The Morgan fingerprint density at radius 2 is 2.29 bits per heavy atom. The highest BCUT2D eigenvalue weighted by atomic mass is 19.1. The summed E-state index contributed by atoms with van der Waals surface area (Å²) < 4.78 is 13.1. The lowest BCUT2D eigenvalue weighted by Crippen LogP contribution is -2.46. The molecule has 1 saturated heterocycles. The summed E-state index contributed by atoms with van der Waals surface area (Å²) in [5.74, 6) is -0.139. The van der Waals surface area contributed by atoms with Gasteiger partial charge in [0.2, 0.25) is 0 Å². The molecule has 2 rings (SSSR count). The minimum Gasteiger partial charge on any atom is -0.317 e. The molecule has 1 N–H and O–H groups in total. The highest BCUT2D eigenvalue weighted by molar-refractivity contribution is 5.16. The lowest BCUT2D eigenvalue weighted by Gasteiger charge is -2.37. The molecule has 1 aliphatic heterocycles. The highest BCUT2D eigenvalue weighted by Gasteiger charge is 2.24. The molecule has 94 valence electrons. The summed E-state index contributed by atoms with van der Waals surface area (Å²) in [7, 11) is 2.03. The predicted molar refractivity (Wildman–Crippen MR) is 68.4 cm³/mol. The standard InChI is InChI=1S/C14H21FN2/c1-11-8-14(16-2)6-7-17(11)10-12-4-3-5-13(15)9-12/h3-5,9,11,14,16H,6-8,10H2,1-2H3. The summed E-state index contributed by atoms with van der Waals surface area (Å²) in [5.41, 5.74) is 1.07. The summed E-state index contributed by atoms with van der Waals surface area (Å²) in [4.78, 5) is 2.43. The number of rotatable bonds is 3. The third-order valence-electron chi connectivity index (χ3n) is 3.70. The van der Waals surface area contributed by atoms with Crippen molar-refractivity contribution >= 4 is 0 Å². The van der Waals surface area contributed by atoms with Gasteiger partial charge in [-0.3, -0.25) is 4.90 Å². The van der Waals surface area contributed by atoms with Gasteiger partial charge in [-0.1, -0.05) is 12.1 Å². The first kappa shape index (κ1) is 12.5. The van der Waals surface area contributed by atoms with Gasteiger partial charge in [-0.05, 0) is 44.5 Å². The van der Waals surface area contributed by atoms with E-state index in [9.17, 15) is 4.39 Å². The van der Waals surface area contributed by atoms with Crippen LogP contribution in [0.5, 0.6) is 0 Å². The summed E-state index contributed by atoms with van der Waals surface area (Å²) >= 11 is 0. The Labute approximate surface area is 103 Å². The highest BCUT2D eigenvalue weighted by Crippen LogP contribution is 2.19. The number of halogens is 1. The molecule has 0 spiro atoms. The van der Waals surface area contributed by atoms with Crippen LogP contribution in [0.2, 0.25) is 0 Å². The summed E-state index contributed by atoms with van der Waals surface area (Å²) in [6, 6.07) is 8.12. The van der Waals surface area contributed by atoms with Gasteiger partial charge in [-0.15, -0.1) is 0 Å². The van der Waals surface area contributed by atoms with Gasteiger partial charge in [-0.2, -0.15) is 0 Å². The van der Waals surface area contributed by atoms with Gasteiger partial charge in [0.25, 0.3) is 0 Å². The maximum atomic E-state index is 13.1. The normalized spacial score (nSPS) is 26.1. The zero-order valence-electron chi connectivity index (χ0n) is 10.6. The fraction of sp³-hybridized carbons (Fsp3) is 0.571. The van der Waals surface area contributed by atoms with Crippen LogP contribution in [0.3, 0.4) is 0 Å². The molecule has 2 nitrogen and oxygen atoms in total. The first-order valence-electron chi connectivity index (χ1n) is 6.35. The zero-order valence-corrected chi connectivity index (χ0v) is 10.6. The van der Waals surface area contributed by atoms with Crippen molar-refractivity contribution < 1.29 is 4.39 Å². The van der Waals surface area contributed by atoms with Crippen molar-refractivity contribution in [2.45, 2.75) is 38.4 Å². The Hall–Kier alpha value is -0.930. The third kappa shape index (κ3) is 3.27. The van der Waals surface area contributed by atoms with Crippen LogP contribution in [0, 0.1) is 5.82 Å². The number of hydrogen-bond acceptors (Lipinski definition) is 2. The Kier molecular flexibility index (Phi) is 4.13. The second kappa shape index (κ2) is 5.61. The molecule has 0 bridgehead atoms. The molecule has 0 radical (unpaired) electrons. The van der Waals surface area contributed by atoms with Crippen molar-refractivity contribution in [3.63, 3.8) is 0 Å². The molecule has 17 heavy (non-hydrogen) atoms. The molecule has 0 amide bonds. The minimum absolute atomic E-state index is 0.139. The van der Waals surface area contributed by atoms with Crippen molar-refractivity contribution in [3.8, 4) is 0 Å². The monoisotopic (exact) mass is 236 g/mol. The molecule has 1 fully saturated rings. The van der Waals surface area contributed by atoms with Crippen LogP contribution in [0.15, 0.2) is 24.3 Å². The molecule has 1 aromatic rings. The summed E-state index contributed by atoms with van der Waals surface area (Å²) in [6.07, 6.45) is 2.35. The van der Waals surface area contributed by atoms with Crippen LogP contribution in [0.4, 0.5) is 4.39 Å². The maximum Gasteiger partial charge on any atom is 0.123 e. The van der Waals surface area contributed by atoms with Crippen LogP contribution < -0.4 is 5.32 Å². The van der Waals surface area contributed by atoms with Gasteiger partial charge >= 0.3 is 0 Å². The topological polar surface area (TPSA) is 15.3 Å². The Balaban J connectivity index is 1.95. The first-order chi connectivity index (χ1) is 8.19. The molecule has 2 atom stereocenters. The van der Waals surface area contributed by atoms with Gasteiger partial charge in [0.15, 0.2) is 0 Å². The quantitative estimate of drug-likeness (QED) is 0.867. The third-order valence-corrected chi connectivity index (χ3v) is 3.70. The van der Waals surface area contributed by atoms with E-state index in [1.165, 1.54) is 18.9 Å². The van der Waals surface area contributed by atoms with E-state index in [4.69, 9.17) is 0 Å². The molecule has 1 heterocycles. The van der Waals surface area contributed by atoms with Crippen LogP contribution in [0.1, 0.15) is 25.3 Å². The fourth-order valence-corrected chi connectivity index (χ4v) is 2.59. The number of likely N-dealkylation sites (tertiary alicyclic amines) is 1. The number of hydrogen-bond donors (Lipinski definition) is 1. The molecule has 0 aromatic heterocycles. The van der Waals surface area contributed by atoms with Crippen LogP contribution in [-0.2, 0) is 6.54 Å². The first-order valence-corrected chi connectivity index (χ1v) is 6.35. The second-order valence-corrected chi connectivity index (χ2v) is 4.96. The van der Waals surface area contributed by atoms with E-state index < -0.39 is 0 Å². The van der Waals surface area contributed by atoms with Crippen molar-refractivity contribution in [2.24, 2.45) is 0 Å². The van der Waals surface area contributed by atoms with E-state index >= 15 is 0 Å². The molecular formula is C14H21FN2. The van der Waals surface area contributed by atoms with E-state index in [0.717, 1.165) is 18.7 Å². The van der Waals surface area contributed by atoms with E-state index in [1.807, 2.05) is 13.1 Å². The van der Waals surface area contributed by atoms with Gasteiger partial charge in [0, 0.05) is 25.2 Å². The van der Waals surface area contributed by atoms with Gasteiger partial charge in [-0.25, -0.2) is 4.39 Å². The van der Waals surface area contributed by atoms with Crippen LogP contribution in [0.25, 0.3) is 0 Å². The molecule has 2 unspecified atom stereocenters. The summed E-state index contributed by atoms with van der Waals surface area (Å²) in [5, 5.41) is 3.34. The van der Waals surface area contributed by atoms with E-state index in [2.05, 4.69) is 17.1 Å². The van der Waals surface area contributed by atoms with Crippen LogP contribution in [-0.4, -0.2) is 30.6 Å². The number of benzene rings is 1. The van der Waals surface area contributed by atoms with E-state index in [1.54, 1.807) is 12.1 Å². The van der Waals surface area contributed by atoms with Gasteiger partial charge < -0.3 is 5.32 Å². The average Bonchev–Trinajstić information content (AvgIpc) is 2.32. The largest absolute Gasteiger partial charge is 0.317 e. The van der Waals surface area contributed by atoms with Crippen molar-refractivity contribution in [3.05, 3.63) is 35.6 Å². The average molecular weight is 236 g/mol. The molecule has 0 aliphatic carbocycles. The maximum absolute atomic E-state index is 13.1. The molecule has 1 aliphatic rings. The zero-order chi connectivity index (χ0) is 12.3. The lowest BCUT2D eigenvalue weighted by atomic mass is 9.98. The van der Waals surface area contributed by atoms with Crippen molar-refractivity contribution in [1.29, 1.82) is 0 Å². The van der Waals surface area contributed by atoms with Crippen molar-refractivity contribution in [1.82, 2.24) is 10.2 Å². The Bertz CT molecular complexity index is 367. The molecule has 1 aromatic carbocycles. The smallest absolute Gasteiger partial charge is 0.123 e. The van der Waals surface area contributed by atoms with Crippen molar-refractivity contribution in [2.75, 3.05) is 13.6 Å². The predicted octanol–water partition coefficient (Wildman–Crippen LogP) is 2.40. The summed E-state index contributed by atoms with van der Waals surface area (Å²) in [6.45, 7) is 4.20. The molecular weight excluding hydrogens is 215 g/mol. The van der Waals surface area contributed by atoms with Crippen LogP contribution >= 0.6 is 0 Å². The SMILES string of the molecule is CNC1CCN(Cc2cccc(F)c2)C(C)C1. The fourth-order valence-electron chi connectivity index (χ4n) is 2.59.